The molecule has 1 N–H and O–H groups in total. The minimum atomic E-state index is -1.12. The van der Waals surface area contributed by atoms with E-state index in [2.05, 4.69) is 15.7 Å². The van der Waals surface area contributed by atoms with Crippen LogP contribution in [0.4, 0.5) is 5.82 Å². The number of fused-ring (bicyclic) bond motifs is 1. The predicted octanol–water partition coefficient (Wildman–Crippen LogP) is 2.36. The second kappa shape index (κ2) is 5.63. The van der Waals surface area contributed by atoms with Gasteiger partial charge in [-0.15, -0.1) is 0 Å². The number of nitrogens with one attached hydrogen (secondary N) is 1. The molecule has 1 saturated heterocycles. The van der Waals surface area contributed by atoms with Gasteiger partial charge < -0.3 is 14.0 Å². The van der Waals surface area contributed by atoms with Crippen LogP contribution in [0, 0.1) is 0 Å². The number of nitrogens with zero attached hydrogens (tertiary/aromatic N) is 2. The summed E-state index contributed by atoms with van der Waals surface area (Å²) in [5, 5.41) is 8.31. The van der Waals surface area contributed by atoms with E-state index in [-0.39, 0.29) is 0 Å². The highest BCUT2D eigenvalue weighted by Crippen LogP contribution is 2.35. The highest BCUT2D eigenvalue weighted by molar-refractivity contribution is 6.63. The number of hydrogen-bond donors (Lipinski definition) is 1. The standard InChI is InChI=1S/C16H15N3O5/c20-14-12(15(21)23-16(22-14)8-4-1-5-9-16)17-18-13-10-6-2-3-7-11(10)24-19-13/h2-3,6-7H,1,4-5,8-9H2,(H,18,19). The quantitative estimate of drug-likeness (QED) is 0.666. The molecule has 0 atom stereocenters. The second-order valence-electron chi connectivity index (χ2n) is 5.85. The van der Waals surface area contributed by atoms with Gasteiger partial charge in [0.1, 0.15) is 0 Å². The SMILES string of the molecule is O=C1OC2(CCCCC2)OC(=O)C1=NNc1noc2ccccc12. The number of hydrogen-bond acceptors (Lipinski definition) is 8. The van der Waals surface area contributed by atoms with E-state index in [1.165, 1.54) is 0 Å². The number of hydrazone groups is 1. The first kappa shape index (κ1) is 14.7. The number of anilines is 1. The number of para-hydroxylation sites is 1. The summed E-state index contributed by atoms with van der Waals surface area (Å²) in [6.45, 7) is 0. The van der Waals surface area contributed by atoms with E-state index in [0.717, 1.165) is 19.3 Å². The highest BCUT2D eigenvalue weighted by atomic mass is 16.7. The molecule has 2 aromatic rings. The molecule has 1 aliphatic carbocycles. The van der Waals surface area contributed by atoms with E-state index in [0.29, 0.717) is 29.6 Å². The van der Waals surface area contributed by atoms with Gasteiger partial charge in [-0.05, 0) is 25.0 Å². The molecule has 2 fully saturated rings. The van der Waals surface area contributed by atoms with Crippen LogP contribution in [0.1, 0.15) is 32.1 Å². The third-order valence-electron chi connectivity index (χ3n) is 4.21. The monoisotopic (exact) mass is 329 g/mol. The molecule has 24 heavy (non-hydrogen) atoms. The molecule has 1 aromatic heterocycles. The first-order chi connectivity index (χ1) is 11.7. The van der Waals surface area contributed by atoms with Crippen LogP contribution in [0.3, 0.4) is 0 Å². The van der Waals surface area contributed by atoms with Gasteiger partial charge in [0.2, 0.25) is 0 Å². The van der Waals surface area contributed by atoms with Crippen LogP contribution in [0.15, 0.2) is 33.9 Å². The largest absolute Gasteiger partial charge is 0.417 e. The van der Waals surface area contributed by atoms with Crippen LogP contribution in [-0.4, -0.2) is 28.6 Å². The van der Waals surface area contributed by atoms with Crippen molar-refractivity contribution in [1.29, 1.82) is 0 Å². The summed E-state index contributed by atoms with van der Waals surface area (Å²) in [5.74, 6) is -2.38. The predicted molar refractivity (Wildman–Crippen MR) is 83.1 cm³/mol. The van der Waals surface area contributed by atoms with Gasteiger partial charge in [0.05, 0.1) is 5.39 Å². The minimum absolute atomic E-state index is 0.302. The Labute approximate surface area is 136 Å². The van der Waals surface area contributed by atoms with Gasteiger partial charge >= 0.3 is 11.9 Å². The normalized spacial score (nSPS) is 19.9. The van der Waals surface area contributed by atoms with Crippen molar-refractivity contribution >= 4 is 34.4 Å². The lowest BCUT2D eigenvalue weighted by Gasteiger charge is -2.38. The Bertz CT molecular complexity index is 813. The number of benzene rings is 1. The lowest BCUT2D eigenvalue weighted by atomic mass is 9.93. The van der Waals surface area contributed by atoms with Gasteiger partial charge in [-0.1, -0.05) is 23.7 Å². The molecule has 0 bridgehead atoms. The zero-order valence-corrected chi connectivity index (χ0v) is 12.8. The van der Waals surface area contributed by atoms with E-state index in [4.69, 9.17) is 14.0 Å². The number of esters is 2. The van der Waals surface area contributed by atoms with Crippen LogP contribution in [0.2, 0.25) is 0 Å². The molecule has 124 valence electrons. The molecule has 2 heterocycles. The lowest BCUT2D eigenvalue weighted by Crippen LogP contribution is -2.51. The molecule has 2 aliphatic rings. The zero-order valence-electron chi connectivity index (χ0n) is 12.8. The molecule has 8 heteroatoms. The topological polar surface area (TPSA) is 103 Å². The van der Waals surface area contributed by atoms with Crippen molar-refractivity contribution in [3.05, 3.63) is 24.3 Å². The van der Waals surface area contributed by atoms with E-state index in [1.807, 2.05) is 12.1 Å². The van der Waals surface area contributed by atoms with Crippen molar-refractivity contribution in [2.24, 2.45) is 5.10 Å². The number of carbonyl (C=O) groups is 2. The van der Waals surface area contributed by atoms with Gasteiger partial charge in [-0.25, -0.2) is 9.59 Å². The Morgan fingerprint density at radius 2 is 1.75 bits per heavy atom. The van der Waals surface area contributed by atoms with Crippen LogP contribution in [0.5, 0.6) is 0 Å². The average Bonchev–Trinajstić information content (AvgIpc) is 2.98. The van der Waals surface area contributed by atoms with Crippen LogP contribution < -0.4 is 5.43 Å². The Balaban J connectivity index is 1.55. The molecular weight excluding hydrogens is 314 g/mol. The average molecular weight is 329 g/mol. The molecule has 0 radical (unpaired) electrons. The maximum absolute atomic E-state index is 12.2. The molecule has 8 nitrogen and oxygen atoms in total. The molecule has 1 saturated carbocycles. The van der Waals surface area contributed by atoms with E-state index in [1.54, 1.807) is 12.1 Å². The fraction of sp³-hybridized carbons (Fsp3) is 0.375. The highest BCUT2D eigenvalue weighted by Gasteiger charge is 2.47. The molecule has 4 rings (SSSR count). The minimum Gasteiger partial charge on any atom is -0.417 e. The van der Waals surface area contributed by atoms with Crippen molar-refractivity contribution in [2.45, 2.75) is 37.9 Å². The summed E-state index contributed by atoms with van der Waals surface area (Å²) < 4.78 is 15.8. The van der Waals surface area contributed by atoms with E-state index >= 15 is 0 Å². The van der Waals surface area contributed by atoms with Gasteiger partial charge in [-0.3, -0.25) is 5.43 Å². The fourth-order valence-corrected chi connectivity index (χ4v) is 3.00. The van der Waals surface area contributed by atoms with Gasteiger partial charge in [0.15, 0.2) is 11.4 Å². The molecule has 0 amide bonds. The van der Waals surface area contributed by atoms with E-state index < -0.39 is 23.4 Å². The zero-order chi connectivity index (χ0) is 16.6. The van der Waals surface area contributed by atoms with Gasteiger partial charge in [-0.2, -0.15) is 5.10 Å². The van der Waals surface area contributed by atoms with Crippen molar-refractivity contribution in [3.8, 4) is 0 Å². The molecular formula is C16H15N3O5. The van der Waals surface area contributed by atoms with Crippen LogP contribution >= 0.6 is 0 Å². The summed E-state index contributed by atoms with van der Waals surface area (Å²) in [5.41, 5.74) is 2.70. The van der Waals surface area contributed by atoms with E-state index in [9.17, 15) is 9.59 Å². The second-order valence-corrected chi connectivity index (χ2v) is 5.85. The summed E-state index contributed by atoms with van der Waals surface area (Å²) in [6.07, 6.45) is 3.81. The number of carbonyl (C=O) groups excluding carboxylic acids is 2. The third-order valence-corrected chi connectivity index (χ3v) is 4.21. The maximum atomic E-state index is 12.2. The molecule has 1 spiro atoms. The fourth-order valence-electron chi connectivity index (χ4n) is 3.00. The number of aromatic nitrogens is 1. The van der Waals surface area contributed by atoms with Crippen molar-refractivity contribution in [2.75, 3.05) is 5.43 Å². The molecule has 0 unspecified atom stereocenters. The first-order valence-electron chi connectivity index (χ1n) is 7.82. The van der Waals surface area contributed by atoms with Gasteiger partial charge in [0.25, 0.3) is 11.5 Å². The van der Waals surface area contributed by atoms with Crippen molar-refractivity contribution in [3.63, 3.8) is 0 Å². The third kappa shape index (κ3) is 2.49. The summed E-state index contributed by atoms with van der Waals surface area (Å²) in [6, 6.07) is 7.15. The smallest absolute Gasteiger partial charge is 0.369 e. The van der Waals surface area contributed by atoms with Crippen molar-refractivity contribution in [1.82, 2.24) is 5.16 Å². The van der Waals surface area contributed by atoms with Gasteiger partial charge in [0, 0.05) is 12.8 Å². The molecule has 1 aromatic carbocycles. The van der Waals surface area contributed by atoms with Crippen LogP contribution in [-0.2, 0) is 19.1 Å². The Kier molecular flexibility index (Phi) is 3.44. The van der Waals surface area contributed by atoms with Crippen LogP contribution in [0.25, 0.3) is 11.0 Å². The Morgan fingerprint density at radius 1 is 1.04 bits per heavy atom. The lowest BCUT2D eigenvalue weighted by molar-refractivity contribution is -0.237. The summed E-state index contributed by atoms with van der Waals surface area (Å²) in [4.78, 5) is 24.3. The number of rotatable bonds is 2. The maximum Gasteiger partial charge on any atom is 0.369 e. The summed E-state index contributed by atoms with van der Waals surface area (Å²) in [7, 11) is 0. The van der Waals surface area contributed by atoms with Crippen molar-refractivity contribution < 1.29 is 23.6 Å². The Hall–Kier alpha value is -2.90. The first-order valence-corrected chi connectivity index (χ1v) is 7.82. The molecule has 1 aliphatic heterocycles. The summed E-state index contributed by atoms with van der Waals surface area (Å²) >= 11 is 0. The Morgan fingerprint density at radius 3 is 2.50 bits per heavy atom. The number of ether oxygens (including phenoxy) is 2.